The van der Waals surface area contributed by atoms with Crippen molar-refractivity contribution < 1.29 is 4.79 Å². The van der Waals surface area contributed by atoms with Crippen LogP contribution in [0.3, 0.4) is 0 Å². The van der Waals surface area contributed by atoms with Gasteiger partial charge in [0.2, 0.25) is 5.91 Å². The molecule has 1 aliphatic rings. The number of aromatic nitrogens is 3. The molecule has 1 saturated carbocycles. The molecule has 1 aromatic carbocycles. The summed E-state index contributed by atoms with van der Waals surface area (Å²) in [5.74, 6) is 2.24. The highest BCUT2D eigenvalue weighted by Crippen LogP contribution is 2.30. The average molecular weight is 373 g/mol. The number of hydrogen-bond donors (Lipinski definition) is 0. The molecular formula is C20H28N4OS. The lowest BCUT2D eigenvalue weighted by molar-refractivity contribution is -0.128. The number of benzene rings is 1. The van der Waals surface area contributed by atoms with E-state index in [4.69, 9.17) is 0 Å². The van der Waals surface area contributed by atoms with Gasteiger partial charge in [-0.25, -0.2) is 0 Å². The molecule has 0 unspecified atom stereocenters. The third kappa shape index (κ3) is 4.67. The normalized spacial score (nSPS) is 13.8. The zero-order chi connectivity index (χ0) is 18.5. The Bertz CT molecular complexity index is 754. The van der Waals surface area contributed by atoms with Gasteiger partial charge in [-0.3, -0.25) is 4.79 Å². The molecule has 6 heteroatoms. The zero-order valence-electron chi connectivity index (χ0n) is 15.9. The molecule has 0 bridgehead atoms. The van der Waals surface area contributed by atoms with E-state index in [2.05, 4.69) is 53.7 Å². The number of hydrogen-bond acceptors (Lipinski definition) is 4. The lowest BCUT2D eigenvalue weighted by Gasteiger charge is -2.21. The van der Waals surface area contributed by atoms with E-state index in [1.807, 2.05) is 11.0 Å². The van der Waals surface area contributed by atoms with Crippen LogP contribution in [0.2, 0.25) is 0 Å². The summed E-state index contributed by atoms with van der Waals surface area (Å²) in [6.07, 6.45) is 3.54. The molecule has 0 spiro atoms. The molecule has 140 valence electrons. The lowest BCUT2D eigenvalue weighted by Crippen LogP contribution is -2.35. The first-order valence-corrected chi connectivity index (χ1v) is 10.5. The topological polar surface area (TPSA) is 51.0 Å². The minimum Gasteiger partial charge on any atom is -0.342 e. The van der Waals surface area contributed by atoms with Crippen molar-refractivity contribution in [3.63, 3.8) is 0 Å². The molecule has 1 aromatic heterocycles. The fourth-order valence-corrected chi connectivity index (χ4v) is 4.00. The Labute approximate surface area is 160 Å². The van der Waals surface area contributed by atoms with Crippen molar-refractivity contribution in [1.82, 2.24) is 19.7 Å². The maximum absolute atomic E-state index is 12.6. The van der Waals surface area contributed by atoms with Crippen molar-refractivity contribution in [3.8, 4) is 11.4 Å². The molecule has 26 heavy (non-hydrogen) atoms. The van der Waals surface area contributed by atoms with Crippen molar-refractivity contribution in [3.05, 3.63) is 29.8 Å². The second kappa shape index (κ2) is 8.71. The van der Waals surface area contributed by atoms with Crippen molar-refractivity contribution >= 4 is 17.7 Å². The number of carbonyl (C=O) groups is 1. The summed E-state index contributed by atoms with van der Waals surface area (Å²) in [6.45, 7) is 8.85. The SMILES string of the molecule is CCCN(CC1CC1)C(=O)CSc1nnc(-c2cccc(C)c2)n1CC. The number of nitrogens with zero attached hydrogens (tertiary/aromatic N) is 4. The molecular weight excluding hydrogens is 344 g/mol. The Hall–Kier alpha value is -1.82. The summed E-state index contributed by atoms with van der Waals surface area (Å²) in [4.78, 5) is 14.7. The van der Waals surface area contributed by atoms with Gasteiger partial charge < -0.3 is 9.47 Å². The predicted octanol–water partition coefficient (Wildman–Crippen LogP) is 4.01. The van der Waals surface area contributed by atoms with Crippen LogP contribution in [0.1, 0.15) is 38.7 Å². The van der Waals surface area contributed by atoms with Gasteiger partial charge in [-0.05, 0) is 45.1 Å². The van der Waals surface area contributed by atoms with E-state index >= 15 is 0 Å². The first-order chi connectivity index (χ1) is 12.6. The molecule has 2 aromatic rings. The third-order valence-corrected chi connectivity index (χ3v) is 5.61. The summed E-state index contributed by atoms with van der Waals surface area (Å²) >= 11 is 1.50. The van der Waals surface area contributed by atoms with Gasteiger partial charge in [0, 0.05) is 25.2 Å². The number of rotatable bonds is 9. The number of aryl methyl sites for hydroxylation is 1. The van der Waals surface area contributed by atoms with Crippen LogP contribution in [0.4, 0.5) is 0 Å². The maximum Gasteiger partial charge on any atom is 0.233 e. The van der Waals surface area contributed by atoms with Crippen molar-refractivity contribution in [1.29, 1.82) is 0 Å². The van der Waals surface area contributed by atoms with Crippen molar-refractivity contribution in [2.24, 2.45) is 5.92 Å². The van der Waals surface area contributed by atoms with Crippen LogP contribution in [0, 0.1) is 12.8 Å². The highest BCUT2D eigenvalue weighted by Gasteiger charge is 2.26. The fourth-order valence-electron chi connectivity index (χ4n) is 3.10. The summed E-state index contributed by atoms with van der Waals surface area (Å²) in [6, 6.07) is 8.29. The lowest BCUT2D eigenvalue weighted by atomic mass is 10.1. The van der Waals surface area contributed by atoms with Crippen LogP contribution in [0.25, 0.3) is 11.4 Å². The van der Waals surface area contributed by atoms with Gasteiger partial charge >= 0.3 is 0 Å². The largest absolute Gasteiger partial charge is 0.342 e. The molecule has 0 radical (unpaired) electrons. The Morgan fingerprint density at radius 1 is 1.31 bits per heavy atom. The number of carbonyl (C=O) groups excluding carboxylic acids is 1. The van der Waals surface area contributed by atoms with Crippen LogP contribution in [0.5, 0.6) is 0 Å². The quantitative estimate of drug-likeness (QED) is 0.624. The molecule has 0 aliphatic heterocycles. The molecule has 1 amide bonds. The second-order valence-corrected chi connectivity index (χ2v) is 7.93. The summed E-state index contributed by atoms with van der Waals surface area (Å²) in [7, 11) is 0. The summed E-state index contributed by atoms with van der Waals surface area (Å²) in [5, 5.41) is 9.55. The molecule has 1 heterocycles. The Morgan fingerprint density at radius 2 is 2.12 bits per heavy atom. The minimum absolute atomic E-state index is 0.214. The van der Waals surface area contributed by atoms with Crippen molar-refractivity contribution in [2.75, 3.05) is 18.8 Å². The summed E-state index contributed by atoms with van der Waals surface area (Å²) in [5.41, 5.74) is 2.27. The van der Waals surface area contributed by atoms with E-state index in [1.54, 1.807) is 0 Å². The van der Waals surface area contributed by atoms with Crippen LogP contribution in [-0.4, -0.2) is 44.4 Å². The van der Waals surface area contributed by atoms with E-state index in [-0.39, 0.29) is 5.91 Å². The van der Waals surface area contributed by atoms with E-state index in [0.717, 1.165) is 48.5 Å². The van der Waals surface area contributed by atoms with Gasteiger partial charge in [-0.15, -0.1) is 10.2 Å². The summed E-state index contributed by atoms with van der Waals surface area (Å²) < 4.78 is 2.10. The van der Waals surface area contributed by atoms with Crippen LogP contribution in [0.15, 0.2) is 29.4 Å². The third-order valence-electron chi connectivity index (χ3n) is 4.66. The number of thioether (sulfide) groups is 1. The van der Waals surface area contributed by atoms with Crippen LogP contribution >= 0.6 is 11.8 Å². The predicted molar refractivity (Wildman–Crippen MR) is 106 cm³/mol. The molecule has 0 saturated heterocycles. The second-order valence-electron chi connectivity index (χ2n) is 6.99. The van der Waals surface area contributed by atoms with Gasteiger partial charge in [-0.1, -0.05) is 42.4 Å². The molecule has 1 fully saturated rings. The van der Waals surface area contributed by atoms with E-state index in [1.165, 1.54) is 30.2 Å². The van der Waals surface area contributed by atoms with E-state index < -0.39 is 0 Å². The smallest absolute Gasteiger partial charge is 0.233 e. The Kier molecular flexibility index (Phi) is 6.35. The molecule has 3 rings (SSSR count). The monoisotopic (exact) mass is 372 g/mol. The Balaban J connectivity index is 1.68. The molecule has 0 N–H and O–H groups in total. The molecule has 5 nitrogen and oxygen atoms in total. The van der Waals surface area contributed by atoms with Gasteiger partial charge in [0.15, 0.2) is 11.0 Å². The fraction of sp³-hybridized carbons (Fsp3) is 0.550. The first-order valence-electron chi connectivity index (χ1n) is 9.53. The van der Waals surface area contributed by atoms with Gasteiger partial charge in [0.05, 0.1) is 5.75 Å². The van der Waals surface area contributed by atoms with Gasteiger partial charge in [0.1, 0.15) is 0 Å². The minimum atomic E-state index is 0.214. The van der Waals surface area contributed by atoms with Gasteiger partial charge in [0.25, 0.3) is 0 Å². The standard InChI is InChI=1S/C20H28N4OS/c1-4-11-23(13-16-9-10-16)18(25)14-26-20-22-21-19(24(20)5-2)17-8-6-7-15(3)12-17/h6-8,12,16H,4-5,9-11,13-14H2,1-3H3. The number of amides is 1. The Morgan fingerprint density at radius 3 is 2.77 bits per heavy atom. The first kappa shape index (κ1) is 19.0. The van der Waals surface area contributed by atoms with Gasteiger partial charge in [-0.2, -0.15) is 0 Å². The zero-order valence-corrected chi connectivity index (χ0v) is 16.8. The average Bonchev–Trinajstić information content (AvgIpc) is 3.36. The van der Waals surface area contributed by atoms with E-state index in [0.29, 0.717) is 5.75 Å². The van der Waals surface area contributed by atoms with Crippen molar-refractivity contribution in [2.45, 2.75) is 51.7 Å². The van der Waals surface area contributed by atoms with Crippen LogP contribution < -0.4 is 0 Å². The highest BCUT2D eigenvalue weighted by molar-refractivity contribution is 7.99. The van der Waals surface area contributed by atoms with Crippen LogP contribution in [-0.2, 0) is 11.3 Å². The molecule has 0 atom stereocenters. The highest BCUT2D eigenvalue weighted by atomic mass is 32.2. The maximum atomic E-state index is 12.6. The molecule has 1 aliphatic carbocycles. The van der Waals surface area contributed by atoms with E-state index in [9.17, 15) is 4.79 Å².